The molecule has 0 amide bonds. The monoisotopic (exact) mass is 354 g/mol. The van der Waals surface area contributed by atoms with Crippen LogP contribution < -0.4 is 4.74 Å². The van der Waals surface area contributed by atoms with E-state index in [1.807, 2.05) is 18.2 Å². The van der Waals surface area contributed by atoms with E-state index >= 15 is 0 Å². The Labute approximate surface area is 130 Å². The van der Waals surface area contributed by atoms with Crippen LogP contribution in [0.5, 0.6) is 5.75 Å². The fourth-order valence-electron chi connectivity index (χ4n) is 2.43. The number of ether oxygens (including phenoxy) is 1. The van der Waals surface area contributed by atoms with E-state index in [0.717, 1.165) is 33.3 Å². The summed E-state index contributed by atoms with van der Waals surface area (Å²) < 4.78 is 20.4. The Morgan fingerprint density at radius 3 is 2.85 bits per heavy atom. The highest BCUT2D eigenvalue weighted by molar-refractivity contribution is 9.10. The van der Waals surface area contributed by atoms with Crippen LogP contribution in [0.2, 0.25) is 0 Å². The summed E-state index contributed by atoms with van der Waals surface area (Å²) in [6.45, 7) is 2.41. The summed E-state index contributed by atoms with van der Waals surface area (Å²) >= 11 is 10.0. The van der Waals surface area contributed by atoms with Crippen molar-refractivity contribution in [2.45, 2.75) is 18.7 Å². The molecule has 0 spiro atoms. The summed E-state index contributed by atoms with van der Waals surface area (Å²) in [5.41, 5.74) is 3.39. The van der Waals surface area contributed by atoms with Gasteiger partial charge in [0.1, 0.15) is 11.6 Å². The van der Waals surface area contributed by atoms with Gasteiger partial charge in [0.2, 0.25) is 0 Å². The minimum Gasteiger partial charge on any atom is -0.493 e. The molecule has 1 heterocycles. The highest BCUT2D eigenvalue weighted by Crippen LogP contribution is 2.41. The quantitative estimate of drug-likeness (QED) is 0.676. The van der Waals surface area contributed by atoms with Gasteiger partial charge in [-0.3, -0.25) is 0 Å². The van der Waals surface area contributed by atoms with E-state index in [2.05, 4.69) is 15.9 Å². The van der Waals surface area contributed by atoms with Crippen molar-refractivity contribution in [3.63, 3.8) is 0 Å². The third-order valence-corrected chi connectivity index (χ3v) is 4.48. The zero-order valence-corrected chi connectivity index (χ0v) is 13.3. The maximum Gasteiger partial charge on any atom is 0.127 e. The molecule has 0 saturated heterocycles. The SMILES string of the molecule is Cc1ccc(C(Cl)c2cc(Br)cc3c2OCC3)cc1F. The highest BCUT2D eigenvalue weighted by atomic mass is 79.9. The summed E-state index contributed by atoms with van der Waals surface area (Å²) in [5, 5.41) is -0.422. The van der Waals surface area contributed by atoms with Crippen LogP contribution in [0.4, 0.5) is 4.39 Å². The lowest BCUT2D eigenvalue weighted by molar-refractivity contribution is 0.353. The lowest BCUT2D eigenvalue weighted by Crippen LogP contribution is -1.99. The summed E-state index contributed by atoms with van der Waals surface area (Å²) in [6.07, 6.45) is 0.883. The molecule has 104 valence electrons. The average Bonchev–Trinajstić information content (AvgIpc) is 2.88. The molecule has 0 aromatic heterocycles. The topological polar surface area (TPSA) is 9.23 Å². The molecule has 2 aromatic rings. The summed E-state index contributed by atoms with van der Waals surface area (Å²) in [6, 6.07) is 9.09. The molecule has 0 bridgehead atoms. The van der Waals surface area contributed by atoms with Gasteiger partial charge in [-0.1, -0.05) is 28.1 Å². The Kier molecular flexibility index (Phi) is 3.74. The van der Waals surface area contributed by atoms with E-state index in [1.54, 1.807) is 13.0 Å². The van der Waals surface area contributed by atoms with E-state index in [1.165, 1.54) is 6.07 Å². The second-order valence-corrected chi connectivity index (χ2v) is 6.31. The molecule has 0 N–H and O–H groups in total. The zero-order valence-electron chi connectivity index (χ0n) is 10.9. The smallest absolute Gasteiger partial charge is 0.127 e. The molecule has 0 radical (unpaired) electrons. The Morgan fingerprint density at radius 2 is 2.10 bits per heavy atom. The van der Waals surface area contributed by atoms with Gasteiger partial charge in [-0.25, -0.2) is 4.39 Å². The van der Waals surface area contributed by atoms with Gasteiger partial charge < -0.3 is 4.74 Å². The van der Waals surface area contributed by atoms with Gasteiger partial charge in [0, 0.05) is 16.5 Å². The van der Waals surface area contributed by atoms with Gasteiger partial charge in [0.25, 0.3) is 0 Å². The molecule has 2 aromatic carbocycles. The largest absolute Gasteiger partial charge is 0.493 e. The highest BCUT2D eigenvalue weighted by Gasteiger charge is 2.23. The van der Waals surface area contributed by atoms with Gasteiger partial charge in [0.05, 0.1) is 12.0 Å². The van der Waals surface area contributed by atoms with Crippen LogP contribution >= 0.6 is 27.5 Å². The molecule has 1 aliphatic heterocycles. The number of benzene rings is 2. The summed E-state index contributed by atoms with van der Waals surface area (Å²) in [4.78, 5) is 0. The standard InChI is InChI=1S/C16H13BrClFO/c1-9-2-3-10(7-14(9)19)15(18)13-8-12(17)6-11-4-5-20-16(11)13/h2-3,6-8,15H,4-5H2,1H3. The van der Waals surface area contributed by atoms with Gasteiger partial charge in [-0.2, -0.15) is 0 Å². The van der Waals surface area contributed by atoms with E-state index in [0.29, 0.717) is 12.2 Å². The average molecular weight is 356 g/mol. The normalized spacial score (nSPS) is 14.8. The number of aryl methyl sites for hydroxylation is 1. The number of hydrogen-bond donors (Lipinski definition) is 0. The molecule has 4 heteroatoms. The predicted octanol–water partition coefficient (Wildman–Crippen LogP) is 5.16. The molecule has 1 nitrogen and oxygen atoms in total. The minimum atomic E-state index is -0.422. The van der Waals surface area contributed by atoms with E-state index in [4.69, 9.17) is 16.3 Å². The van der Waals surface area contributed by atoms with Gasteiger partial charge in [0.15, 0.2) is 0 Å². The third-order valence-electron chi connectivity index (χ3n) is 3.54. The number of rotatable bonds is 2. The predicted molar refractivity (Wildman–Crippen MR) is 82.2 cm³/mol. The molecule has 1 unspecified atom stereocenters. The van der Waals surface area contributed by atoms with E-state index in [-0.39, 0.29) is 5.82 Å². The van der Waals surface area contributed by atoms with Crippen molar-refractivity contribution in [1.29, 1.82) is 0 Å². The number of hydrogen-bond acceptors (Lipinski definition) is 1. The minimum absolute atomic E-state index is 0.235. The Balaban J connectivity index is 2.06. The first-order chi connectivity index (χ1) is 9.56. The first-order valence-corrected chi connectivity index (χ1v) is 7.64. The van der Waals surface area contributed by atoms with Gasteiger partial charge in [-0.05, 0) is 41.8 Å². The Hall–Kier alpha value is -1.06. The fraction of sp³-hybridized carbons (Fsp3) is 0.250. The molecular formula is C16H13BrClFO. The number of alkyl halides is 1. The van der Waals surface area contributed by atoms with Gasteiger partial charge >= 0.3 is 0 Å². The van der Waals surface area contributed by atoms with Crippen molar-refractivity contribution in [2.24, 2.45) is 0 Å². The lowest BCUT2D eigenvalue weighted by atomic mass is 9.99. The molecule has 0 fully saturated rings. The maximum atomic E-state index is 13.7. The summed E-state index contributed by atoms with van der Waals surface area (Å²) in [5.74, 6) is 0.606. The van der Waals surface area contributed by atoms with E-state index in [9.17, 15) is 4.39 Å². The fourth-order valence-corrected chi connectivity index (χ4v) is 3.25. The van der Waals surface area contributed by atoms with Crippen LogP contribution in [0.3, 0.4) is 0 Å². The second kappa shape index (κ2) is 5.38. The van der Waals surface area contributed by atoms with E-state index < -0.39 is 5.38 Å². The van der Waals surface area contributed by atoms with Crippen LogP contribution in [0, 0.1) is 12.7 Å². The first kappa shape index (κ1) is 13.9. The van der Waals surface area contributed by atoms with Crippen LogP contribution in [0.1, 0.15) is 27.6 Å². The van der Waals surface area contributed by atoms with Crippen molar-refractivity contribution in [3.05, 3.63) is 62.9 Å². The Bertz CT molecular complexity index is 672. The van der Waals surface area contributed by atoms with Crippen molar-refractivity contribution in [2.75, 3.05) is 6.61 Å². The molecule has 0 saturated carbocycles. The van der Waals surface area contributed by atoms with Crippen LogP contribution in [-0.2, 0) is 6.42 Å². The first-order valence-electron chi connectivity index (χ1n) is 6.41. The number of halogens is 3. The van der Waals surface area contributed by atoms with Crippen LogP contribution in [0.15, 0.2) is 34.8 Å². The van der Waals surface area contributed by atoms with Crippen LogP contribution in [0.25, 0.3) is 0 Å². The zero-order chi connectivity index (χ0) is 14.3. The molecule has 0 aliphatic carbocycles. The molecule has 1 atom stereocenters. The number of fused-ring (bicyclic) bond motifs is 1. The lowest BCUT2D eigenvalue weighted by Gasteiger charge is -2.15. The van der Waals surface area contributed by atoms with Crippen molar-refractivity contribution < 1.29 is 9.13 Å². The van der Waals surface area contributed by atoms with Crippen molar-refractivity contribution in [3.8, 4) is 5.75 Å². The molecule has 3 rings (SSSR count). The van der Waals surface area contributed by atoms with Crippen molar-refractivity contribution >= 4 is 27.5 Å². The third kappa shape index (κ3) is 2.45. The molecule has 20 heavy (non-hydrogen) atoms. The van der Waals surface area contributed by atoms with Crippen LogP contribution in [-0.4, -0.2) is 6.61 Å². The maximum absolute atomic E-state index is 13.7. The molecule has 1 aliphatic rings. The van der Waals surface area contributed by atoms with Gasteiger partial charge in [-0.15, -0.1) is 11.6 Å². The van der Waals surface area contributed by atoms with Crippen molar-refractivity contribution in [1.82, 2.24) is 0 Å². The summed E-state index contributed by atoms with van der Waals surface area (Å²) in [7, 11) is 0. The second-order valence-electron chi connectivity index (χ2n) is 4.95. The molecular weight excluding hydrogens is 343 g/mol. The Morgan fingerprint density at radius 1 is 1.30 bits per heavy atom.